The van der Waals surface area contributed by atoms with Crippen LogP contribution >= 0.6 is 0 Å². The molecule has 1 N–H and O–H groups in total. The number of carboxylic acids is 1. The van der Waals surface area contributed by atoms with Crippen LogP contribution in [0.15, 0.2) is 42.7 Å². The van der Waals surface area contributed by atoms with Crippen molar-refractivity contribution >= 4 is 23.7 Å². The van der Waals surface area contributed by atoms with E-state index in [0.717, 1.165) is 28.3 Å². The van der Waals surface area contributed by atoms with Gasteiger partial charge in [-0.25, -0.2) is 19.7 Å². The topological polar surface area (TPSA) is 127 Å². The molecule has 0 unspecified atom stereocenters. The third-order valence-corrected chi connectivity index (χ3v) is 7.64. The maximum atomic E-state index is 14.0. The molecule has 0 saturated carbocycles. The second kappa shape index (κ2) is 15.6. The lowest BCUT2D eigenvalue weighted by molar-refractivity contribution is -0.143. The van der Waals surface area contributed by atoms with E-state index in [0.29, 0.717) is 18.2 Å². The zero-order valence-corrected chi connectivity index (χ0v) is 26.8. The molecule has 11 nitrogen and oxygen atoms in total. The second-order valence-corrected chi connectivity index (χ2v) is 11.1. The Morgan fingerprint density at radius 2 is 1.55 bits per heavy atom. The predicted molar refractivity (Wildman–Crippen MR) is 159 cm³/mol. The van der Waals surface area contributed by atoms with E-state index in [4.69, 9.17) is 19.3 Å². The van der Waals surface area contributed by atoms with Crippen LogP contribution in [0.3, 0.4) is 0 Å². The molecule has 3 heterocycles. The SMILES string of the molecule is CC[C@@H]1C[C@H](N(Cc2cc(C(F)(F)F)cc(C(F)(F)F)c2)c2ncc(OCCOC)cn2)c2nc(C(F)(F)F)ccc2N1C(=O)OCCC(=O)O. The molecule has 0 radical (unpaired) electrons. The van der Waals surface area contributed by atoms with Crippen molar-refractivity contribution in [3.63, 3.8) is 0 Å². The monoisotopic (exact) mass is 739 g/mol. The van der Waals surface area contributed by atoms with Crippen LogP contribution in [-0.4, -0.2) is 65.1 Å². The molecule has 0 aliphatic carbocycles. The number of nitrogens with zero attached hydrogens (tertiary/aromatic N) is 5. The van der Waals surface area contributed by atoms with Crippen LogP contribution in [-0.2, 0) is 39.3 Å². The number of methoxy groups -OCH3 is 1. The van der Waals surface area contributed by atoms with Crippen molar-refractivity contribution in [1.29, 1.82) is 0 Å². The van der Waals surface area contributed by atoms with Crippen LogP contribution in [0.1, 0.15) is 60.3 Å². The number of aliphatic carboxylic acids is 1. The first-order valence-corrected chi connectivity index (χ1v) is 15.1. The molecule has 1 amide bonds. The van der Waals surface area contributed by atoms with Gasteiger partial charge >= 0.3 is 30.6 Å². The first kappa shape index (κ1) is 38.9. The molecule has 51 heavy (non-hydrogen) atoms. The van der Waals surface area contributed by atoms with Crippen LogP contribution in [0, 0.1) is 0 Å². The summed E-state index contributed by atoms with van der Waals surface area (Å²) < 4.78 is 140. The van der Waals surface area contributed by atoms with E-state index in [-0.39, 0.29) is 49.5 Å². The van der Waals surface area contributed by atoms with Gasteiger partial charge in [-0.2, -0.15) is 39.5 Å². The fourth-order valence-corrected chi connectivity index (χ4v) is 5.32. The number of rotatable bonds is 12. The number of ether oxygens (including phenoxy) is 3. The number of carboxylic acid groups (broad SMARTS) is 1. The minimum Gasteiger partial charge on any atom is -0.488 e. The summed E-state index contributed by atoms with van der Waals surface area (Å²) in [6, 6.07) is 0.111. The fraction of sp³-hybridized carbons (Fsp3) is 0.452. The predicted octanol–water partition coefficient (Wildman–Crippen LogP) is 7.30. The number of benzene rings is 1. The van der Waals surface area contributed by atoms with Crippen LogP contribution < -0.4 is 14.5 Å². The van der Waals surface area contributed by atoms with Crippen molar-refractivity contribution in [1.82, 2.24) is 15.0 Å². The molecule has 2 atom stereocenters. The van der Waals surface area contributed by atoms with Crippen molar-refractivity contribution in [3.05, 3.63) is 70.8 Å². The summed E-state index contributed by atoms with van der Waals surface area (Å²) in [6.45, 7) is 0.466. The quantitative estimate of drug-likeness (QED) is 0.149. The number of carbonyl (C=O) groups is 2. The Hall–Kier alpha value is -4.88. The van der Waals surface area contributed by atoms with Crippen LogP contribution in [0.5, 0.6) is 5.75 Å². The Balaban J connectivity index is 1.91. The van der Waals surface area contributed by atoms with Crippen LogP contribution in [0.2, 0.25) is 0 Å². The molecule has 0 saturated heterocycles. The Labute approximate surface area is 284 Å². The van der Waals surface area contributed by atoms with E-state index < -0.39 is 90.3 Å². The third-order valence-electron chi connectivity index (χ3n) is 7.64. The molecule has 1 aromatic carbocycles. The summed E-state index contributed by atoms with van der Waals surface area (Å²) in [4.78, 5) is 38.4. The molecule has 0 bridgehead atoms. The highest BCUT2D eigenvalue weighted by Crippen LogP contribution is 2.45. The minimum absolute atomic E-state index is 0.0596. The van der Waals surface area contributed by atoms with Gasteiger partial charge in [0.1, 0.15) is 18.9 Å². The number of carbonyl (C=O) groups excluding carboxylic acids is 1. The standard InChI is InChI=1S/C31H30F9N5O6/c1-3-20-13-23(26-22(4-5-24(43-26)31(38,39)40)45(20)28(48)51-7-6-25(46)47)44(27-41-14-21(15-42-27)50-9-8-49-2)16-17-10-18(29(32,33)34)12-19(11-17)30(35,36)37/h4-5,10-12,14-15,20,23H,3,6-9,13,16H2,1-2H3,(H,46,47)/t20-,23+/m1/s1. The number of hydrogen-bond acceptors (Lipinski definition) is 9. The van der Waals surface area contributed by atoms with E-state index in [1.807, 2.05) is 0 Å². The van der Waals surface area contributed by atoms with Gasteiger partial charge in [-0.05, 0) is 48.7 Å². The molecule has 0 fully saturated rings. The van der Waals surface area contributed by atoms with Gasteiger partial charge in [-0.3, -0.25) is 9.69 Å². The fourth-order valence-electron chi connectivity index (χ4n) is 5.32. The van der Waals surface area contributed by atoms with Crippen LogP contribution in [0.4, 0.5) is 55.9 Å². The average molecular weight is 740 g/mol. The van der Waals surface area contributed by atoms with Gasteiger partial charge in [0.25, 0.3) is 0 Å². The molecule has 278 valence electrons. The molecule has 1 aliphatic heterocycles. The van der Waals surface area contributed by atoms with Gasteiger partial charge in [-0.1, -0.05) is 6.92 Å². The summed E-state index contributed by atoms with van der Waals surface area (Å²) in [5.41, 5.74) is -5.88. The van der Waals surface area contributed by atoms with Crippen LogP contribution in [0.25, 0.3) is 0 Å². The molecular formula is C31H30F9N5O6. The van der Waals surface area contributed by atoms with Gasteiger partial charge in [0.05, 0.1) is 54.0 Å². The molecule has 1 aliphatic rings. The maximum Gasteiger partial charge on any atom is 0.433 e. The number of alkyl halides is 9. The van der Waals surface area contributed by atoms with Crippen molar-refractivity contribution < 1.29 is 68.4 Å². The van der Waals surface area contributed by atoms with E-state index in [1.165, 1.54) is 7.11 Å². The minimum atomic E-state index is -5.20. The van der Waals surface area contributed by atoms with Gasteiger partial charge < -0.3 is 24.2 Å². The zero-order valence-electron chi connectivity index (χ0n) is 26.8. The number of pyridine rings is 1. The second-order valence-electron chi connectivity index (χ2n) is 11.1. The normalized spacial score (nSPS) is 16.4. The summed E-state index contributed by atoms with van der Waals surface area (Å²) in [5, 5.41) is 8.94. The van der Waals surface area contributed by atoms with E-state index in [9.17, 15) is 49.1 Å². The number of aromatic nitrogens is 3. The molecule has 0 spiro atoms. The van der Waals surface area contributed by atoms with E-state index in [1.54, 1.807) is 6.92 Å². The molecule has 2 aromatic heterocycles. The Morgan fingerprint density at radius 3 is 2.08 bits per heavy atom. The van der Waals surface area contributed by atoms with Crippen molar-refractivity contribution in [2.24, 2.45) is 0 Å². The number of fused-ring (bicyclic) bond motifs is 1. The first-order chi connectivity index (χ1) is 23.8. The lowest BCUT2D eigenvalue weighted by Gasteiger charge is -2.43. The maximum absolute atomic E-state index is 14.0. The number of hydrogen-bond donors (Lipinski definition) is 1. The smallest absolute Gasteiger partial charge is 0.433 e. The Bertz CT molecular complexity index is 1650. The summed E-state index contributed by atoms with van der Waals surface area (Å²) >= 11 is 0. The largest absolute Gasteiger partial charge is 0.488 e. The van der Waals surface area contributed by atoms with Gasteiger partial charge in [0, 0.05) is 19.7 Å². The van der Waals surface area contributed by atoms with Crippen molar-refractivity contribution in [3.8, 4) is 5.75 Å². The van der Waals surface area contributed by atoms with Crippen molar-refractivity contribution in [2.75, 3.05) is 36.7 Å². The first-order valence-electron chi connectivity index (χ1n) is 15.1. The Kier molecular flexibility index (Phi) is 11.9. The van der Waals surface area contributed by atoms with Gasteiger partial charge in [0.2, 0.25) is 5.95 Å². The summed E-state index contributed by atoms with van der Waals surface area (Å²) in [6.07, 6.45) is -15.0. The average Bonchev–Trinajstić information content (AvgIpc) is 3.05. The van der Waals surface area contributed by atoms with E-state index >= 15 is 0 Å². The summed E-state index contributed by atoms with van der Waals surface area (Å²) in [5.74, 6) is -1.53. The molecular weight excluding hydrogens is 709 g/mol. The number of anilines is 2. The molecule has 4 rings (SSSR count). The highest BCUT2D eigenvalue weighted by atomic mass is 19.4. The number of amides is 1. The third kappa shape index (κ3) is 9.67. The highest BCUT2D eigenvalue weighted by molar-refractivity contribution is 5.90. The molecule has 20 heteroatoms. The van der Waals surface area contributed by atoms with Gasteiger partial charge in [0.15, 0.2) is 5.75 Å². The Morgan fingerprint density at radius 1 is 0.922 bits per heavy atom. The highest BCUT2D eigenvalue weighted by Gasteiger charge is 2.44. The van der Waals surface area contributed by atoms with Gasteiger partial charge in [-0.15, -0.1) is 0 Å². The zero-order chi connectivity index (χ0) is 37.7. The summed E-state index contributed by atoms with van der Waals surface area (Å²) in [7, 11) is 1.42. The van der Waals surface area contributed by atoms with E-state index in [2.05, 4.69) is 15.0 Å². The molecule has 3 aromatic rings. The lowest BCUT2D eigenvalue weighted by Crippen LogP contribution is -2.48. The lowest BCUT2D eigenvalue weighted by atomic mass is 9.91. The van der Waals surface area contributed by atoms with Crippen molar-refractivity contribution in [2.45, 2.75) is 63.3 Å². The number of halogens is 9.